The van der Waals surface area contributed by atoms with Crippen molar-refractivity contribution in [2.45, 2.75) is 29.6 Å². The van der Waals surface area contributed by atoms with E-state index in [0.29, 0.717) is 15.7 Å². The molecule has 2 rings (SSSR count). The van der Waals surface area contributed by atoms with E-state index < -0.39 is 0 Å². The molecule has 0 unspecified atom stereocenters. The van der Waals surface area contributed by atoms with Crippen molar-refractivity contribution in [3.8, 4) is 0 Å². The first kappa shape index (κ1) is 15.3. The number of pyridine rings is 1. The van der Waals surface area contributed by atoms with E-state index in [0.717, 1.165) is 15.4 Å². The smallest absolute Gasteiger partial charge is 0.251 e. The number of hydrogen-bond acceptors (Lipinski definition) is 3. The number of aromatic nitrogens is 1. The van der Waals surface area contributed by atoms with Crippen molar-refractivity contribution in [2.75, 3.05) is 5.73 Å². The predicted molar refractivity (Wildman–Crippen MR) is 86.1 cm³/mol. The second kappa shape index (κ2) is 6.12. The molecule has 3 nitrogen and oxygen atoms in total. The predicted octanol–water partition coefficient (Wildman–Crippen LogP) is 4.54. The zero-order valence-electron chi connectivity index (χ0n) is 11.0. The van der Waals surface area contributed by atoms with Gasteiger partial charge in [-0.1, -0.05) is 48.8 Å². The van der Waals surface area contributed by atoms with E-state index in [1.165, 1.54) is 11.8 Å². The third kappa shape index (κ3) is 3.32. The lowest BCUT2D eigenvalue weighted by molar-refractivity contribution is 0.836. The molecule has 0 radical (unpaired) electrons. The lowest BCUT2D eigenvalue weighted by Gasteiger charge is -2.10. The standard InChI is InChI=1S/C14H14Cl2N2OS/c1-7(2)10-5-9(6-18-14(10)19)20-13-11(15)3-8(17)4-12(13)16/h3-7H,17H2,1-2H3,(H,18,19). The van der Waals surface area contributed by atoms with Crippen LogP contribution < -0.4 is 11.3 Å². The number of nitrogens with two attached hydrogens (primary N) is 1. The normalized spacial score (nSPS) is 11.1. The number of hydrogen-bond donors (Lipinski definition) is 2. The van der Waals surface area contributed by atoms with Gasteiger partial charge < -0.3 is 10.7 Å². The van der Waals surface area contributed by atoms with Gasteiger partial charge in [-0.3, -0.25) is 4.79 Å². The maximum Gasteiger partial charge on any atom is 0.251 e. The van der Waals surface area contributed by atoms with Crippen LogP contribution in [-0.2, 0) is 0 Å². The van der Waals surface area contributed by atoms with Gasteiger partial charge >= 0.3 is 0 Å². The van der Waals surface area contributed by atoms with Gasteiger partial charge in [0.05, 0.1) is 10.0 Å². The molecule has 1 aromatic carbocycles. The molecule has 6 heteroatoms. The van der Waals surface area contributed by atoms with Gasteiger partial charge in [0.25, 0.3) is 5.56 Å². The van der Waals surface area contributed by atoms with Gasteiger partial charge in [-0.2, -0.15) is 0 Å². The summed E-state index contributed by atoms with van der Waals surface area (Å²) in [5.74, 6) is 0.150. The summed E-state index contributed by atoms with van der Waals surface area (Å²) in [5, 5.41) is 0.995. The van der Waals surface area contributed by atoms with E-state index in [2.05, 4.69) is 4.98 Å². The summed E-state index contributed by atoms with van der Waals surface area (Å²) in [4.78, 5) is 16.0. The molecule has 3 N–H and O–H groups in total. The van der Waals surface area contributed by atoms with Crippen molar-refractivity contribution in [1.29, 1.82) is 0 Å². The molecular formula is C14H14Cl2N2OS. The number of nitrogen functional groups attached to an aromatic ring is 1. The van der Waals surface area contributed by atoms with Crippen LogP contribution >= 0.6 is 35.0 Å². The van der Waals surface area contributed by atoms with Gasteiger partial charge in [-0.15, -0.1) is 0 Å². The van der Waals surface area contributed by atoms with Crippen molar-refractivity contribution in [3.05, 3.63) is 50.4 Å². The number of rotatable bonds is 3. The van der Waals surface area contributed by atoms with Crippen molar-refractivity contribution in [1.82, 2.24) is 4.98 Å². The highest BCUT2D eigenvalue weighted by Crippen LogP contribution is 2.39. The molecule has 0 atom stereocenters. The van der Waals surface area contributed by atoms with Crippen LogP contribution in [0.1, 0.15) is 25.3 Å². The Kier molecular flexibility index (Phi) is 4.68. The second-order valence-corrected chi connectivity index (χ2v) is 6.59. The largest absolute Gasteiger partial charge is 0.399 e. The van der Waals surface area contributed by atoms with Crippen molar-refractivity contribution in [2.24, 2.45) is 0 Å². The molecule has 0 aliphatic carbocycles. The minimum absolute atomic E-state index is 0.0705. The minimum atomic E-state index is -0.0705. The lowest BCUT2D eigenvalue weighted by atomic mass is 10.1. The molecule has 0 saturated heterocycles. The zero-order valence-corrected chi connectivity index (χ0v) is 13.4. The van der Waals surface area contributed by atoms with Gasteiger partial charge in [0.15, 0.2) is 0 Å². The molecule has 2 aromatic rings. The molecule has 20 heavy (non-hydrogen) atoms. The van der Waals surface area contributed by atoms with E-state index in [4.69, 9.17) is 28.9 Å². The van der Waals surface area contributed by atoms with E-state index in [-0.39, 0.29) is 11.5 Å². The summed E-state index contributed by atoms with van der Waals surface area (Å²) in [5.41, 5.74) is 6.87. The molecule has 0 amide bonds. The summed E-state index contributed by atoms with van der Waals surface area (Å²) >= 11 is 13.7. The Balaban J connectivity index is 2.41. The molecule has 0 spiro atoms. The van der Waals surface area contributed by atoms with Crippen LogP contribution in [0.5, 0.6) is 0 Å². The molecule has 0 bridgehead atoms. The monoisotopic (exact) mass is 328 g/mol. The molecule has 0 saturated carbocycles. The Bertz CT molecular complexity index is 675. The van der Waals surface area contributed by atoms with Gasteiger partial charge in [0, 0.05) is 27.2 Å². The lowest BCUT2D eigenvalue weighted by Crippen LogP contribution is -2.12. The SMILES string of the molecule is CC(C)c1cc(Sc2c(Cl)cc(N)cc2Cl)c[nH]c1=O. The van der Waals surface area contributed by atoms with Gasteiger partial charge in [-0.05, 0) is 24.1 Å². The number of H-pyrrole nitrogens is 1. The number of anilines is 1. The number of aromatic amines is 1. The molecule has 0 aliphatic heterocycles. The molecule has 0 aliphatic rings. The van der Waals surface area contributed by atoms with Gasteiger partial charge in [-0.25, -0.2) is 0 Å². The second-order valence-electron chi connectivity index (χ2n) is 4.69. The van der Waals surface area contributed by atoms with Crippen LogP contribution in [0.4, 0.5) is 5.69 Å². The summed E-state index contributed by atoms with van der Waals surface area (Å²) in [7, 11) is 0. The highest BCUT2D eigenvalue weighted by Gasteiger charge is 2.12. The maximum absolute atomic E-state index is 11.7. The summed E-state index contributed by atoms with van der Waals surface area (Å²) in [6.45, 7) is 3.95. The van der Waals surface area contributed by atoms with E-state index in [1.807, 2.05) is 19.9 Å². The fourth-order valence-electron chi connectivity index (χ4n) is 1.76. The Labute approximate surface area is 131 Å². The fourth-order valence-corrected chi connectivity index (χ4v) is 3.35. The molecule has 0 fully saturated rings. The Hall–Kier alpha value is -1.10. The third-order valence-corrected chi connectivity index (χ3v) is 4.70. The first-order chi connectivity index (χ1) is 9.38. The Morgan fingerprint density at radius 1 is 1.20 bits per heavy atom. The molecule has 106 valence electrons. The number of halogens is 2. The molecule has 1 heterocycles. The van der Waals surface area contributed by atoms with Crippen LogP contribution in [0.15, 0.2) is 39.0 Å². The van der Waals surface area contributed by atoms with Crippen molar-refractivity contribution >= 4 is 40.7 Å². The van der Waals surface area contributed by atoms with Crippen LogP contribution in [0.25, 0.3) is 0 Å². The number of benzene rings is 1. The average molecular weight is 329 g/mol. The Morgan fingerprint density at radius 2 is 1.80 bits per heavy atom. The van der Waals surface area contributed by atoms with Crippen molar-refractivity contribution in [3.63, 3.8) is 0 Å². The van der Waals surface area contributed by atoms with Crippen molar-refractivity contribution < 1.29 is 0 Å². The Morgan fingerprint density at radius 3 is 2.35 bits per heavy atom. The molecule has 1 aromatic heterocycles. The first-order valence-electron chi connectivity index (χ1n) is 6.03. The van der Waals surface area contributed by atoms with Crippen LogP contribution in [-0.4, -0.2) is 4.98 Å². The molecular weight excluding hydrogens is 315 g/mol. The van der Waals surface area contributed by atoms with Crippen LogP contribution in [0.3, 0.4) is 0 Å². The number of nitrogens with one attached hydrogen (secondary N) is 1. The first-order valence-corrected chi connectivity index (χ1v) is 7.60. The van der Waals surface area contributed by atoms with E-state index in [1.54, 1.807) is 18.3 Å². The zero-order chi connectivity index (χ0) is 14.9. The average Bonchev–Trinajstić information content (AvgIpc) is 2.35. The van der Waals surface area contributed by atoms with E-state index >= 15 is 0 Å². The fraction of sp³-hybridized carbons (Fsp3) is 0.214. The quantitative estimate of drug-likeness (QED) is 0.813. The van der Waals surface area contributed by atoms with Crippen LogP contribution in [0.2, 0.25) is 10.0 Å². The van der Waals surface area contributed by atoms with Crippen LogP contribution in [0, 0.1) is 0 Å². The van der Waals surface area contributed by atoms with Gasteiger partial charge in [0.2, 0.25) is 0 Å². The highest BCUT2D eigenvalue weighted by molar-refractivity contribution is 7.99. The third-order valence-electron chi connectivity index (χ3n) is 2.77. The topological polar surface area (TPSA) is 58.9 Å². The minimum Gasteiger partial charge on any atom is -0.399 e. The van der Waals surface area contributed by atoms with Gasteiger partial charge in [0.1, 0.15) is 0 Å². The highest BCUT2D eigenvalue weighted by atomic mass is 35.5. The maximum atomic E-state index is 11.7. The van der Waals surface area contributed by atoms with E-state index in [9.17, 15) is 4.79 Å². The summed E-state index contributed by atoms with van der Waals surface area (Å²) < 4.78 is 0. The summed E-state index contributed by atoms with van der Waals surface area (Å²) in [6, 6.07) is 5.17. The summed E-state index contributed by atoms with van der Waals surface area (Å²) in [6.07, 6.45) is 1.65.